The van der Waals surface area contributed by atoms with Crippen LogP contribution in [0.4, 0.5) is 0 Å². The first-order valence-corrected chi connectivity index (χ1v) is 5.34. The molecule has 3 rings (SSSR count). The van der Waals surface area contributed by atoms with E-state index >= 15 is 0 Å². The zero-order chi connectivity index (χ0) is 9.53. The molecule has 1 saturated carbocycles. The van der Waals surface area contributed by atoms with Crippen LogP contribution < -0.4 is 0 Å². The van der Waals surface area contributed by atoms with Gasteiger partial charge >= 0.3 is 0 Å². The molecule has 2 aliphatic heterocycles. The predicted molar refractivity (Wildman–Crippen MR) is 51.5 cm³/mol. The largest absolute Gasteiger partial charge is 0.349 e. The molecule has 0 amide bonds. The van der Waals surface area contributed by atoms with Gasteiger partial charge in [0.1, 0.15) is 6.79 Å². The van der Waals surface area contributed by atoms with Crippen LogP contribution in [0.1, 0.15) is 46.5 Å². The minimum absolute atomic E-state index is 0.106. The molecule has 0 radical (unpaired) electrons. The van der Waals surface area contributed by atoms with Crippen molar-refractivity contribution in [1.82, 2.24) is 0 Å². The molecule has 0 aromatic rings. The maximum absolute atomic E-state index is 5.89. The summed E-state index contributed by atoms with van der Waals surface area (Å²) in [7, 11) is 0. The van der Waals surface area contributed by atoms with Crippen LogP contribution in [-0.2, 0) is 9.47 Å². The molecule has 2 heteroatoms. The Morgan fingerprint density at radius 3 is 2.15 bits per heavy atom. The van der Waals surface area contributed by atoms with E-state index < -0.39 is 0 Å². The second-order valence-electron chi connectivity index (χ2n) is 5.08. The summed E-state index contributed by atoms with van der Waals surface area (Å²) >= 11 is 0. The molecule has 0 unspecified atom stereocenters. The fraction of sp³-hybridized carbons (Fsp3) is 1.00. The summed E-state index contributed by atoms with van der Waals surface area (Å²) in [6.07, 6.45) is 4.65. The Morgan fingerprint density at radius 2 is 1.62 bits per heavy atom. The van der Waals surface area contributed by atoms with Gasteiger partial charge in [-0.15, -0.1) is 0 Å². The topological polar surface area (TPSA) is 18.5 Å². The van der Waals surface area contributed by atoms with E-state index in [1.165, 1.54) is 12.8 Å². The summed E-state index contributed by atoms with van der Waals surface area (Å²) in [4.78, 5) is 0. The fourth-order valence-electron chi connectivity index (χ4n) is 2.52. The second-order valence-corrected chi connectivity index (χ2v) is 5.08. The lowest BCUT2D eigenvalue weighted by Crippen LogP contribution is -2.42. The first-order chi connectivity index (χ1) is 6.06. The van der Waals surface area contributed by atoms with Gasteiger partial charge < -0.3 is 9.47 Å². The lowest BCUT2D eigenvalue weighted by atomic mass is 9.72. The average Bonchev–Trinajstić information content (AvgIpc) is 2.34. The van der Waals surface area contributed by atoms with Crippen LogP contribution in [0, 0.1) is 5.92 Å². The normalized spacial score (nSPS) is 45.2. The molecule has 0 spiro atoms. The Hall–Kier alpha value is -0.0800. The van der Waals surface area contributed by atoms with Crippen molar-refractivity contribution < 1.29 is 9.47 Å². The molecule has 2 saturated heterocycles. The zero-order valence-electron chi connectivity index (χ0n) is 8.93. The summed E-state index contributed by atoms with van der Waals surface area (Å²) in [6, 6.07) is 0. The van der Waals surface area contributed by atoms with Crippen LogP contribution in [0.3, 0.4) is 0 Å². The second kappa shape index (κ2) is 2.96. The maximum atomic E-state index is 5.89. The molecule has 0 N–H and O–H groups in total. The van der Waals surface area contributed by atoms with Gasteiger partial charge in [0.15, 0.2) is 0 Å². The van der Waals surface area contributed by atoms with Gasteiger partial charge in [0.2, 0.25) is 0 Å². The molecular formula is C11H20O2. The van der Waals surface area contributed by atoms with Gasteiger partial charge in [-0.25, -0.2) is 0 Å². The molecule has 0 aromatic heterocycles. The Labute approximate surface area is 80.6 Å². The smallest absolute Gasteiger partial charge is 0.148 e. The SMILES string of the molecule is CC(C)C12CCC(C)(CC1)OCO2. The third kappa shape index (κ3) is 1.50. The van der Waals surface area contributed by atoms with Crippen molar-refractivity contribution in [2.24, 2.45) is 5.92 Å². The van der Waals surface area contributed by atoms with E-state index in [4.69, 9.17) is 9.47 Å². The number of hydrogen-bond acceptors (Lipinski definition) is 2. The van der Waals surface area contributed by atoms with Gasteiger partial charge in [0.25, 0.3) is 0 Å². The highest BCUT2D eigenvalue weighted by Gasteiger charge is 2.46. The van der Waals surface area contributed by atoms with E-state index in [2.05, 4.69) is 20.8 Å². The molecule has 2 heterocycles. The summed E-state index contributed by atoms with van der Waals surface area (Å²) < 4.78 is 11.6. The lowest BCUT2D eigenvalue weighted by molar-refractivity contribution is -0.145. The van der Waals surface area contributed by atoms with Crippen LogP contribution in [0.25, 0.3) is 0 Å². The Kier molecular flexibility index (Phi) is 2.16. The van der Waals surface area contributed by atoms with E-state index in [1.54, 1.807) is 0 Å². The van der Waals surface area contributed by atoms with Crippen molar-refractivity contribution in [2.45, 2.75) is 57.7 Å². The van der Waals surface area contributed by atoms with Gasteiger partial charge in [-0.1, -0.05) is 13.8 Å². The van der Waals surface area contributed by atoms with Crippen molar-refractivity contribution in [3.8, 4) is 0 Å². The van der Waals surface area contributed by atoms with E-state index in [1.807, 2.05) is 0 Å². The molecule has 0 atom stereocenters. The van der Waals surface area contributed by atoms with Gasteiger partial charge in [-0.2, -0.15) is 0 Å². The molecular weight excluding hydrogens is 164 g/mol. The summed E-state index contributed by atoms with van der Waals surface area (Å²) in [6.45, 7) is 7.22. The third-order valence-electron chi connectivity index (χ3n) is 3.96. The van der Waals surface area contributed by atoms with Crippen molar-refractivity contribution >= 4 is 0 Å². The number of rotatable bonds is 1. The molecule has 3 aliphatic rings. The third-order valence-corrected chi connectivity index (χ3v) is 3.96. The maximum Gasteiger partial charge on any atom is 0.148 e. The van der Waals surface area contributed by atoms with Crippen LogP contribution in [-0.4, -0.2) is 18.0 Å². The summed E-state index contributed by atoms with van der Waals surface area (Å²) in [5.41, 5.74) is 0.227. The first-order valence-electron chi connectivity index (χ1n) is 5.34. The highest BCUT2D eigenvalue weighted by atomic mass is 16.7. The molecule has 76 valence electrons. The molecule has 0 aromatic carbocycles. The van der Waals surface area contributed by atoms with E-state index in [0.29, 0.717) is 12.7 Å². The highest BCUT2D eigenvalue weighted by Crippen LogP contribution is 2.45. The predicted octanol–water partition coefficient (Wildman–Crippen LogP) is 2.72. The number of hydrogen-bond donors (Lipinski definition) is 0. The standard InChI is InChI=1S/C11H20O2/c1-9(2)11-6-4-10(3,5-7-11)12-8-13-11/h9H,4-8H2,1-3H3. The van der Waals surface area contributed by atoms with Crippen LogP contribution in [0.15, 0.2) is 0 Å². The molecule has 1 aliphatic carbocycles. The van der Waals surface area contributed by atoms with Crippen molar-refractivity contribution in [3.63, 3.8) is 0 Å². The summed E-state index contributed by atoms with van der Waals surface area (Å²) in [5.74, 6) is 0.610. The van der Waals surface area contributed by atoms with Crippen molar-refractivity contribution in [1.29, 1.82) is 0 Å². The Morgan fingerprint density at radius 1 is 1.00 bits per heavy atom. The monoisotopic (exact) mass is 184 g/mol. The molecule has 3 fully saturated rings. The van der Waals surface area contributed by atoms with Gasteiger partial charge in [0, 0.05) is 0 Å². The van der Waals surface area contributed by atoms with Crippen LogP contribution in [0.5, 0.6) is 0 Å². The Bertz CT molecular complexity index is 190. The lowest BCUT2D eigenvalue weighted by Gasteiger charge is -2.41. The van der Waals surface area contributed by atoms with E-state index in [-0.39, 0.29) is 11.2 Å². The minimum Gasteiger partial charge on any atom is -0.349 e. The minimum atomic E-state index is 0.106. The van der Waals surface area contributed by atoms with Crippen molar-refractivity contribution in [3.05, 3.63) is 0 Å². The highest BCUT2D eigenvalue weighted by molar-refractivity contribution is 4.96. The molecule has 2 bridgehead atoms. The number of ether oxygens (including phenoxy) is 2. The van der Waals surface area contributed by atoms with Crippen LogP contribution in [0.2, 0.25) is 0 Å². The number of fused-ring (bicyclic) bond motifs is 4. The van der Waals surface area contributed by atoms with E-state index in [0.717, 1.165) is 12.8 Å². The quantitative estimate of drug-likeness (QED) is 0.624. The van der Waals surface area contributed by atoms with Gasteiger partial charge in [-0.3, -0.25) is 0 Å². The summed E-state index contributed by atoms with van der Waals surface area (Å²) in [5, 5.41) is 0. The average molecular weight is 184 g/mol. The van der Waals surface area contributed by atoms with E-state index in [9.17, 15) is 0 Å². The molecule has 13 heavy (non-hydrogen) atoms. The van der Waals surface area contributed by atoms with Gasteiger partial charge in [-0.05, 0) is 38.5 Å². The first kappa shape index (κ1) is 9.47. The van der Waals surface area contributed by atoms with Gasteiger partial charge in [0.05, 0.1) is 11.2 Å². The fourth-order valence-corrected chi connectivity index (χ4v) is 2.52. The van der Waals surface area contributed by atoms with Crippen molar-refractivity contribution in [2.75, 3.05) is 6.79 Å². The zero-order valence-corrected chi connectivity index (χ0v) is 8.93. The Balaban J connectivity index is 2.18. The van der Waals surface area contributed by atoms with Crippen LogP contribution >= 0.6 is 0 Å². The molecule has 2 nitrogen and oxygen atoms in total.